The van der Waals surface area contributed by atoms with Gasteiger partial charge in [0.1, 0.15) is 6.04 Å². The van der Waals surface area contributed by atoms with Crippen molar-refractivity contribution in [2.45, 2.75) is 18.9 Å². The Bertz CT molecular complexity index is 547. The van der Waals surface area contributed by atoms with Gasteiger partial charge in [0.25, 0.3) is 5.91 Å². The fourth-order valence-electron chi connectivity index (χ4n) is 1.48. The maximum atomic E-state index is 11.9. The van der Waals surface area contributed by atoms with Crippen molar-refractivity contribution < 1.29 is 24.6 Å². The molecule has 108 valence electrons. The van der Waals surface area contributed by atoms with Crippen molar-refractivity contribution in [2.75, 3.05) is 5.73 Å². The number of aliphatic carboxylic acids is 2. The number of nitrogens with one attached hydrogen (secondary N) is 1. The third kappa shape index (κ3) is 4.43. The summed E-state index contributed by atoms with van der Waals surface area (Å²) < 4.78 is 0. The first-order valence-corrected chi connectivity index (χ1v) is 5.99. The molecule has 0 radical (unpaired) electrons. The average Bonchev–Trinajstić information content (AvgIpc) is 2.33. The molecule has 0 saturated heterocycles. The topological polar surface area (TPSA) is 130 Å². The van der Waals surface area contributed by atoms with Crippen LogP contribution in [-0.2, 0) is 9.59 Å². The van der Waals surface area contributed by atoms with Crippen molar-refractivity contribution in [3.63, 3.8) is 0 Å². The van der Waals surface area contributed by atoms with Crippen LogP contribution in [0.4, 0.5) is 5.69 Å². The molecular formula is C12H13ClN2O5. The second-order valence-corrected chi connectivity index (χ2v) is 4.44. The fraction of sp³-hybridized carbons (Fsp3) is 0.250. The molecule has 0 heterocycles. The number of carbonyl (C=O) groups excluding carboxylic acids is 1. The lowest BCUT2D eigenvalue weighted by atomic mass is 10.1. The van der Waals surface area contributed by atoms with Gasteiger partial charge in [0.15, 0.2) is 0 Å². The van der Waals surface area contributed by atoms with E-state index in [2.05, 4.69) is 5.32 Å². The van der Waals surface area contributed by atoms with Crippen molar-refractivity contribution >= 4 is 35.1 Å². The Morgan fingerprint density at radius 3 is 2.45 bits per heavy atom. The fourth-order valence-corrected chi connectivity index (χ4v) is 1.75. The number of hydrogen-bond donors (Lipinski definition) is 4. The number of benzene rings is 1. The molecule has 1 aromatic carbocycles. The highest BCUT2D eigenvalue weighted by molar-refractivity contribution is 6.34. The van der Waals surface area contributed by atoms with E-state index in [-0.39, 0.29) is 23.4 Å². The van der Waals surface area contributed by atoms with Gasteiger partial charge in [-0.05, 0) is 24.6 Å². The zero-order valence-electron chi connectivity index (χ0n) is 10.3. The summed E-state index contributed by atoms with van der Waals surface area (Å²) in [5.74, 6) is -3.16. The SMILES string of the molecule is Nc1ccc(C(=O)N[C@H](CCC(=O)O)C(=O)O)c(Cl)c1. The third-order valence-electron chi connectivity index (χ3n) is 2.49. The van der Waals surface area contributed by atoms with Gasteiger partial charge in [-0.3, -0.25) is 9.59 Å². The van der Waals surface area contributed by atoms with Crippen molar-refractivity contribution in [3.8, 4) is 0 Å². The first-order chi connectivity index (χ1) is 9.31. The maximum Gasteiger partial charge on any atom is 0.326 e. The molecule has 1 atom stereocenters. The highest BCUT2D eigenvalue weighted by atomic mass is 35.5. The van der Waals surface area contributed by atoms with Gasteiger partial charge in [-0.25, -0.2) is 4.79 Å². The summed E-state index contributed by atoms with van der Waals surface area (Å²) in [5, 5.41) is 19.8. The molecular weight excluding hydrogens is 288 g/mol. The van der Waals surface area contributed by atoms with Gasteiger partial charge >= 0.3 is 11.9 Å². The van der Waals surface area contributed by atoms with E-state index in [0.29, 0.717) is 5.69 Å². The molecule has 0 bridgehead atoms. The van der Waals surface area contributed by atoms with Gasteiger partial charge in [-0.2, -0.15) is 0 Å². The monoisotopic (exact) mass is 300 g/mol. The highest BCUT2D eigenvalue weighted by Crippen LogP contribution is 2.19. The van der Waals surface area contributed by atoms with Crippen LogP contribution in [0.1, 0.15) is 23.2 Å². The lowest BCUT2D eigenvalue weighted by molar-refractivity contribution is -0.140. The molecule has 1 amide bonds. The normalized spacial score (nSPS) is 11.7. The number of hydrogen-bond acceptors (Lipinski definition) is 4. The van der Waals surface area contributed by atoms with E-state index in [1.807, 2.05) is 0 Å². The van der Waals surface area contributed by atoms with Crippen LogP contribution in [0.15, 0.2) is 18.2 Å². The van der Waals surface area contributed by atoms with Gasteiger partial charge in [-0.15, -0.1) is 0 Å². The van der Waals surface area contributed by atoms with Crippen LogP contribution in [0, 0.1) is 0 Å². The summed E-state index contributed by atoms with van der Waals surface area (Å²) >= 11 is 5.83. The summed E-state index contributed by atoms with van der Waals surface area (Å²) in [7, 11) is 0. The number of halogens is 1. The van der Waals surface area contributed by atoms with E-state index in [4.69, 9.17) is 27.5 Å². The van der Waals surface area contributed by atoms with Crippen LogP contribution < -0.4 is 11.1 Å². The standard InChI is InChI=1S/C12H13ClN2O5/c13-8-5-6(14)1-2-7(8)11(18)15-9(12(19)20)3-4-10(16)17/h1-2,5,9H,3-4,14H2,(H,15,18)(H,16,17)(H,19,20)/t9-/m1/s1. The smallest absolute Gasteiger partial charge is 0.326 e. The number of carboxylic acid groups (broad SMARTS) is 2. The quantitative estimate of drug-likeness (QED) is 0.579. The van der Waals surface area contributed by atoms with E-state index in [9.17, 15) is 14.4 Å². The number of carbonyl (C=O) groups is 3. The summed E-state index contributed by atoms with van der Waals surface area (Å²) in [5.41, 5.74) is 5.92. The summed E-state index contributed by atoms with van der Waals surface area (Å²) in [4.78, 5) is 33.3. The molecule has 20 heavy (non-hydrogen) atoms. The maximum absolute atomic E-state index is 11.9. The molecule has 0 aromatic heterocycles. The largest absolute Gasteiger partial charge is 0.481 e. The second-order valence-electron chi connectivity index (χ2n) is 4.04. The number of amides is 1. The summed E-state index contributed by atoms with van der Waals surface area (Å²) in [6.07, 6.45) is -0.588. The van der Waals surface area contributed by atoms with Gasteiger partial charge < -0.3 is 21.3 Å². The first-order valence-electron chi connectivity index (χ1n) is 5.61. The molecule has 5 N–H and O–H groups in total. The zero-order chi connectivity index (χ0) is 15.3. The Balaban J connectivity index is 2.80. The number of rotatable bonds is 6. The van der Waals surface area contributed by atoms with E-state index in [1.54, 1.807) is 0 Å². The number of nitrogens with two attached hydrogens (primary N) is 1. The summed E-state index contributed by atoms with van der Waals surface area (Å²) in [6.45, 7) is 0. The summed E-state index contributed by atoms with van der Waals surface area (Å²) in [6, 6.07) is 2.88. The molecule has 0 aliphatic heterocycles. The van der Waals surface area contributed by atoms with Crippen molar-refractivity contribution in [1.82, 2.24) is 5.32 Å². The van der Waals surface area contributed by atoms with Crippen LogP contribution in [0.2, 0.25) is 5.02 Å². The molecule has 0 fully saturated rings. The van der Waals surface area contributed by atoms with E-state index < -0.39 is 23.9 Å². The Hall–Kier alpha value is -2.28. The van der Waals surface area contributed by atoms with Gasteiger partial charge in [0, 0.05) is 12.1 Å². The molecule has 0 aliphatic rings. The van der Waals surface area contributed by atoms with Crippen LogP contribution in [0.25, 0.3) is 0 Å². The Morgan fingerprint density at radius 1 is 1.30 bits per heavy atom. The van der Waals surface area contributed by atoms with Gasteiger partial charge in [0.05, 0.1) is 10.6 Å². The Labute approximate surface area is 119 Å². The lowest BCUT2D eigenvalue weighted by Crippen LogP contribution is -2.41. The average molecular weight is 301 g/mol. The molecule has 0 unspecified atom stereocenters. The molecule has 0 saturated carbocycles. The Morgan fingerprint density at radius 2 is 1.95 bits per heavy atom. The van der Waals surface area contributed by atoms with Crippen LogP contribution >= 0.6 is 11.6 Å². The number of anilines is 1. The van der Waals surface area contributed by atoms with Crippen LogP contribution in [-0.4, -0.2) is 34.1 Å². The van der Waals surface area contributed by atoms with E-state index in [1.165, 1.54) is 18.2 Å². The molecule has 1 aromatic rings. The van der Waals surface area contributed by atoms with E-state index >= 15 is 0 Å². The molecule has 1 rings (SSSR count). The minimum absolute atomic E-state index is 0.0717. The highest BCUT2D eigenvalue weighted by Gasteiger charge is 2.22. The predicted octanol–water partition coefficient (Wildman–Crippen LogP) is 0.970. The van der Waals surface area contributed by atoms with Gasteiger partial charge in [0.2, 0.25) is 0 Å². The van der Waals surface area contributed by atoms with Crippen molar-refractivity contribution in [3.05, 3.63) is 28.8 Å². The minimum atomic E-state index is -1.31. The minimum Gasteiger partial charge on any atom is -0.481 e. The van der Waals surface area contributed by atoms with Crippen molar-refractivity contribution in [1.29, 1.82) is 0 Å². The number of carboxylic acids is 2. The van der Waals surface area contributed by atoms with Crippen LogP contribution in [0.3, 0.4) is 0 Å². The molecule has 0 spiro atoms. The lowest BCUT2D eigenvalue weighted by Gasteiger charge is -2.14. The van der Waals surface area contributed by atoms with E-state index in [0.717, 1.165) is 0 Å². The van der Waals surface area contributed by atoms with Crippen molar-refractivity contribution in [2.24, 2.45) is 0 Å². The Kier molecular flexibility index (Phi) is 5.33. The molecule has 7 nitrogen and oxygen atoms in total. The predicted molar refractivity (Wildman–Crippen MR) is 71.6 cm³/mol. The zero-order valence-corrected chi connectivity index (χ0v) is 11.1. The second kappa shape index (κ2) is 6.76. The molecule has 0 aliphatic carbocycles. The third-order valence-corrected chi connectivity index (χ3v) is 2.80. The van der Waals surface area contributed by atoms with Crippen LogP contribution in [0.5, 0.6) is 0 Å². The first kappa shape index (κ1) is 15.8. The number of nitrogen functional groups attached to an aromatic ring is 1. The molecule has 8 heteroatoms. The van der Waals surface area contributed by atoms with Gasteiger partial charge in [-0.1, -0.05) is 11.6 Å².